The summed E-state index contributed by atoms with van der Waals surface area (Å²) in [5.74, 6) is -1.74. The molecule has 6 heteroatoms. The number of carbonyl (C=O) groups is 2. The van der Waals surface area contributed by atoms with Gasteiger partial charge in [0, 0.05) is 24.3 Å². The Kier molecular flexibility index (Phi) is 6.62. The first kappa shape index (κ1) is 17.4. The van der Waals surface area contributed by atoms with Gasteiger partial charge < -0.3 is 10.0 Å². The van der Waals surface area contributed by atoms with E-state index in [0.717, 1.165) is 18.5 Å². The molecule has 0 saturated carbocycles. The number of carboxylic acids is 1. The lowest BCUT2D eigenvalue weighted by Crippen LogP contribution is -2.36. The van der Waals surface area contributed by atoms with E-state index in [-0.39, 0.29) is 17.6 Å². The van der Waals surface area contributed by atoms with Gasteiger partial charge in [-0.3, -0.25) is 9.59 Å². The van der Waals surface area contributed by atoms with Crippen molar-refractivity contribution in [1.82, 2.24) is 9.88 Å². The minimum absolute atomic E-state index is 0.174. The van der Waals surface area contributed by atoms with E-state index in [1.54, 1.807) is 13.0 Å². The number of aromatic nitrogens is 1. The maximum Gasteiger partial charge on any atom is 0.308 e. The molecule has 0 aliphatic carbocycles. The number of pyridine rings is 1. The van der Waals surface area contributed by atoms with Crippen molar-refractivity contribution in [3.05, 3.63) is 28.5 Å². The number of hydrogen-bond acceptors (Lipinski definition) is 3. The molecule has 1 heterocycles. The highest BCUT2D eigenvalue weighted by Crippen LogP contribution is 2.15. The van der Waals surface area contributed by atoms with Crippen molar-refractivity contribution in [2.24, 2.45) is 5.92 Å². The van der Waals surface area contributed by atoms with Crippen LogP contribution in [0.3, 0.4) is 0 Å². The maximum atomic E-state index is 12.5. The van der Waals surface area contributed by atoms with E-state index in [9.17, 15) is 9.59 Å². The van der Waals surface area contributed by atoms with E-state index in [1.807, 2.05) is 13.8 Å². The topological polar surface area (TPSA) is 70.5 Å². The molecule has 5 nitrogen and oxygen atoms in total. The fraction of sp³-hybridized carbons (Fsp3) is 0.533. The van der Waals surface area contributed by atoms with Crippen LogP contribution in [0, 0.1) is 5.92 Å². The van der Waals surface area contributed by atoms with E-state index < -0.39 is 11.9 Å². The van der Waals surface area contributed by atoms with Gasteiger partial charge >= 0.3 is 5.97 Å². The Balaban J connectivity index is 2.96. The molecule has 0 aliphatic heterocycles. The molecule has 1 unspecified atom stereocenters. The molecule has 0 saturated heterocycles. The number of aliphatic carboxylic acids is 1. The van der Waals surface area contributed by atoms with Gasteiger partial charge in [0.05, 0.1) is 5.92 Å². The third kappa shape index (κ3) is 5.01. The predicted molar refractivity (Wildman–Crippen MR) is 81.6 cm³/mol. The zero-order valence-corrected chi connectivity index (χ0v) is 13.4. The molecule has 0 spiro atoms. The number of carbonyl (C=O) groups excluding carboxylic acids is 1. The van der Waals surface area contributed by atoms with E-state index in [2.05, 4.69) is 4.98 Å². The Labute approximate surface area is 129 Å². The summed E-state index contributed by atoms with van der Waals surface area (Å²) in [5.41, 5.74) is 1.23. The quantitative estimate of drug-likeness (QED) is 0.786. The van der Waals surface area contributed by atoms with Gasteiger partial charge in [0.2, 0.25) is 0 Å². The summed E-state index contributed by atoms with van der Waals surface area (Å²) in [5, 5.41) is 9.25. The van der Waals surface area contributed by atoms with Crippen LogP contribution in [0.5, 0.6) is 0 Å². The number of nitrogens with zero attached hydrogens (tertiary/aromatic N) is 2. The summed E-state index contributed by atoms with van der Waals surface area (Å²) in [7, 11) is 0. The minimum atomic E-state index is -0.916. The van der Waals surface area contributed by atoms with Crippen molar-refractivity contribution in [3.63, 3.8) is 0 Å². The van der Waals surface area contributed by atoms with Crippen LogP contribution >= 0.6 is 11.6 Å². The summed E-state index contributed by atoms with van der Waals surface area (Å²) in [6.45, 7) is 6.05. The maximum absolute atomic E-state index is 12.5. The zero-order chi connectivity index (χ0) is 16.0. The van der Waals surface area contributed by atoms with Crippen LogP contribution in [0.15, 0.2) is 12.1 Å². The normalized spacial score (nSPS) is 12.0. The molecule has 1 aromatic heterocycles. The van der Waals surface area contributed by atoms with Crippen LogP contribution in [0.1, 0.15) is 43.2 Å². The molecule has 116 valence electrons. The number of amides is 1. The number of hydrogen-bond donors (Lipinski definition) is 1. The van der Waals surface area contributed by atoms with Crippen LogP contribution < -0.4 is 0 Å². The smallest absolute Gasteiger partial charge is 0.308 e. The van der Waals surface area contributed by atoms with Gasteiger partial charge in [-0.05, 0) is 25.5 Å². The zero-order valence-electron chi connectivity index (χ0n) is 12.6. The lowest BCUT2D eigenvalue weighted by molar-refractivity contribution is -0.141. The lowest BCUT2D eigenvalue weighted by atomic mass is 10.1. The third-order valence-corrected chi connectivity index (χ3v) is 3.38. The fourth-order valence-corrected chi connectivity index (χ4v) is 2.23. The van der Waals surface area contributed by atoms with Crippen LogP contribution in [-0.4, -0.2) is 40.0 Å². The van der Waals surface area contributed by atoms with Crippen molar-refractivity contribution in [2.45, 2.75) is 33.6 Å². The highest BCUT2D eigenvalue weighted by molar-refractivity contribution is 6.29. The SMILES string of the molecule is CCCc1cc(C(=O)N(CC)CC(C)C(=O)O)cc(Cl)n1. The Bertz CT molecular complexity index is 520. The molecule has 1 N–H and O–H groups in total. The van der Waals surface area contributed by atoms with Crippen molar-refractivity contribution in [1.29, 1.82) is 0 Å². The van der Waals surface area contributed by atoms with Crippen LogP contribution in [0.4, 0.5) is 0 Å². The third-order valence-electron chi connectivity index (χ3n) is 3.18. The second kappa shape index (κ2) is 7.98. The Hall–Kier alpha value is -1.62. The van der Waals surface area contributed by atoms with Gasteiger partial charge in [0.25, 0.3) is 5.91 Å². The van der Waals surface area contributed by atoms with Gasteiger partial charge in [-0.1, -0.05) is 31.9 Å². The monoisotopic (exact) mass is 312 g/mol. The summed E-state index contributed by atoms with van der Waals surface area (Å²) >= 11 is 5.96. The Morgan fingerprint density at radius 2 is 2.05 bits per heavy atom. The number of carboxylic acid groups (broad SMARTS) is 1. The van der Waals surface area contributed by atoms with Gasteiger partial charge in [-0.25, -0.2) is 4.98 Å². The largest absolute Gasteiger partial charge is 0.481 e. The molecule has 0 radical (unpaired) electrons. The summed E-state index contributed by atoms with van der Waals surface area (Å²) in [6.07, 6.45) is 1.66. The van der Waals surface area contributed by atoms with E-state index >= 15 is 0 Å². The standard InChI is InChI=1S/C15H21ClN2O3/c1-4-6-12-7-11(8-13(16)17-12)14(19)18(5-2)9-10(3)15(20)21/h7-8,10H,4-6,9H2,1-3H3,(H,20,21). The van der Waals surface area contributed by atoms with Crippen molar-refractivity contribution < 1.29 is 14.7 Å². The first-order chi connectivity index (χ1) is 9.88. The molecule has 1 amide bonds. The van der Waals surface area contributed by atoms with Crippen molar-refractivity contribution in [2.75, 3.05) is 13.1 Å². The highest BCUT2D eigenvalue weighted by atomic mass is 35.5. The van der Waals surface area contributed by atoms with Crippen LogP contribution in [-0.2, 0) is 11.2 Å². The van der Waals surface area contributed by atoms with E-state index in [4.69, 9.17) is 16.7 Å². The molecule has 1 aromatic rings. The Morgan fingerprint density at radius 1 is 1.38 bits per heavy atom. The van der Waals surface area contributed by atoms with Gasteiger partial charge in [0.15, 0.2) is 0 Å². The molecular weight excluding hydrogens is 292 g/mol. The van der Waals surface area contributed by atoms with Crippen LogP contribution in [0.2, 0.25) is 5.15 Å². The predicted octanol–water partition coefficient (Wildman–Crippen LogP) is 2.87. The van der Waals surface area contributed by atoms with Gasteiger partial charge in [-0.15, -0.1) is 0 Å². The average molecular weight is 313 g/mol. The molecule has 21 heavy (non-hydrogen) atoms. The molecular formula is C15H21ClN2O3. The first-order valence-corrected chi connectivity index (χ1v) is 7.45. The molecule has 0 aromatic carbocycles. The second-order valence-electron chi connectivity index (χ2n) is 5.00. The molecule has 0 fully saturated rings. The summed E-state index contributed by atoms with van der Waals surface area (Å²) in [4.78, 5) is 29.1. The van der Waals surface area contributed by atoms with Crippen molar-refractivity contribution in [3.8, 4) is 0 Å². The number of halogens is 1. The first-order valence-electron chi connectivity index (χ1n) is 7.07. The van der Waals surface area contributed by atoms with Gasteiger partial charge in [-0.2, -0.15) is 0 Å². The van der Waals surface area contributed by atoms with E-state index in [0.29, 0.717) is 12.1 Å². The fourth-order valence-electron chi connectivity index (χ4n) is 2.01. The minimum Gasteiger partial charge on any atom is -0.481 e. The second-order valence-corrected chi connectivity index (χ2v) is 5.39. The number of aryl methyl sites for hydroxylation is 1. The average Bonchev–Trinajstić information content (AvgIpc) is 2.43. The number of rotatable bonds is 7. The molecule has 0 aliphatic rings. The summed E-state index contributed by atoms with van der Waals surface area (Å²) < 4.78 is 0. The molecule has 1 atom stereocenters. The lowest BCUT2D eigenvalue weighted by Gasteiger charge is -2.23. The molecule has 1 rings (SSSR count). The van der Waals surface area contributed by atoms with Gasteiger partial charge in [0.1, 0.15) is 5.15 Å². The van der Waals surface area contributed by atoms with Crippen molar-refractivity contribution >= 4 is 23.5 Å². The van der Waals surface area contributed by atoms with Crippen LogP contribution in [0.25, 0.3) is 0 Å². The van der Waals surface area contributed by atoms with E-state index in [1.165, 1.54) is 11.0 Å². The highest BCUT2D eigenvalue weighted by Gasteiger charge is 2.21. The molecule has 0 bridgehead atoms. The Morgan fingerprint density at radius 3 is 2.57 bits per heavy atom. The summed E-state index contributed by atoms with van der Waals surface area (Å²) in [6, 6.07) is 3.25.